The summed E-state index contributed by atoms with van der Waals surface area (Å²) in [5.74, 6) is -0.226. The molecule has 0 bridgehead atoms. The molecule has 1 heterocycles. The molecular formula is C16H15ClF3NO3S3. The molecular weight excluding hydrogens is 443 g/mol. The van der Waals surface area contributed by atoms with Gasteiger partial charge in [0.1, 0.15) is 0 Å². The Balaban J connectivity index is 1.95. The SMILES string of the molecule is CS(=O)(=O)NCCc1ccc(C(=O)CSc2ccc(Cl)c(C(F)(F)F)c2)s1. The van der Waals surface area contributed by atoms with Crippen LogP contribution in [-0.4, -0.2) is 32.8 Å². The highest BCUT2D eigenvalue weighted by atomic mass is 35.5. The van der Waals surface area contributed by atoms with Crippen molar-refractivity contribution in [2.75, 3.05) is 18.6 Å². The third-order valence-electron chi connectivity index (χ3n) is 3.29. The first-order valence-corrected chi connectivity index (χ1v) is 11.6. The number of ketones is 1. The first kappa shape index (κ1) is 22.2. The number of halogens is 4. The maximum Gasteiger partial charge on any atom is 0.417 e. The predicted molar refractivity (Wildman–Crippen MR) is 102 cm³/mol. The maximum absolute atomic E-state index is 12.9. The monoisotopic (exact) mass is 457 g/mol. The van der Waals surface area contributed by atoms with Gasteiger partial charge < -0.3 is 0 Å². The molecule has 1 aromatic carbocycles. The van der Waals surface area contributed by atoms with Gasteiger partial charge in [-0.1, -0.05) is 11.6 Å². The number of hydrogen-bond acceptors (Lipinski definition) is 5. The molecule has 0 aliphatic heterocycles. The lowest BCUT2D eigenvalue weighted by Gasteiger charge is -2.10. The third kappa shape index (κ3) is 7.11. The van der Waals surface area contributed by atoms with Gasteiger partial charge in [0.2, 0.25) is 10.0 Å². The fraction of sp³-hybridized carbons (Fsp3) is 0.312. The molecule has 0 unspecified atom stereocenters. The molecule has 27 heavy (non-hydrogen) atoms. The number of alkyl halides is 3. The number of rotatable bonds is 8. The van der Waals surface area contributed by atoms with Crippen LogP contribution in [0, 0.1) is 0 Å². The number of benzene rings is 1. The highest BCUT2D eigenvalue weighted by Crippen LogP contribution is 2.37. The molecule has 11 heteroatoms. The van der Waals surface area contributed by atoms with E-state index in [0.29, 0.717) is 16.2 Å². The summed E-state index contributed by atoms with van der Waals surface area (Å²) in [5, 5.41) is -0.385. The van der Waals surface area contributed by atoms with Crippen LogP contribution in [0.3, 0.4) is 0 Å². The van der Waals surface area contributed by atoms with E-state index in [4.69, 9.17) is 11.6 Å². The minimum Gasteiger partial charge on any atom is -0.292 e. The summed E-state index contributed by atoms with van der Waals surface area (Å²) in [6, 6.07) is 6.89. The Morgan fingerprint density at radius 3 is 2.59 bits per heavy atom. The molecule has 0 saturated carbocycles. The van der Waals surface area contributed by atoms with Crippen LogP contribution in [-0.2, 0) is 22.6 Å². The average molecular weight is 458 g/mol. The van der Waals surface area contributed by atoms with Gasteiger partial charge in [-0.25, -0.2) is 13.1 Å². The first-order valence-electron chi connectivity index (χ1n) is 7.52. The fourth-order valence-corrected chi connectivity index (χ4v) is 4.61. The lowest BCUT2D eigenvalue weighted by Crippen LogP contribution is -2.23. The highest BCUT2D eigenvalue weighted by Gasteiger charge is 2.33. The van der Waals surface area contributed by atoms with Gasteiger partial charge in [-0.05, 0) is 36.8 Å². The standard InChI is InChI=1S/C16H15ClF3NO3S3/c1-27(23,24)21-7-6-10-3-5-15(26-10)14(22)9-25-11-2-4-13(17)12(8-11)16(18,19)20/h2-5,8,21H,6-7,9H2,1H3. The zero-order valence-electron chi connectivity index (χ0n) is 14.0. The van der Waals surface area contributed by atoms with Crippen LogP contribution >= 0.6 is 34.7 Å². The van der Waals surface area contributed by atoms with Crippen LogP contribution in [0.2, 0.25) is 5.02 Å². The van der Waals surface area contributed by atoms with E-state index < -0.39 is 21.8 Å². The van der Waals surface area contributed by atoms with E-state index in [2.05, 4.69) is 4.72 Å². The van der Waals surface area contributed by atoms with Crippen molar-refractivity contribution in [3.05, 3.63) is 50.7 Å². The number of nitrogens with one attached hydrogen (secondary N) is 1. The maximum atomic E-state index is 12.9. The number of sulfonamides is 1. The number of carbonyl (C=O) groups is 1. The molecule has 0 aliphatic rings. The van der Waals surface area contributed by atoms with E-state index >= 15 is 0 Å². The zero-order valence-corrected chi connectivity index (χ0v) is 17.2. The summed E-state index contributed by atoms with van der Waals surface area (Å²) in [4.78, 5) is 13.9. The van der Waals surface area contributed by atoms with E-state index in [-0.39, 0.29) is 23.1 Å². The zero-order chi connectivity index (χ0) is 20.2. The van der Waals surface area contributed by atoms with Crippen molar-refractivity contribution in [3.63, 3.8) is 0 Å². The van der Waals surface area contributed by atoms with Crippen molar-refractivity contribution in [1.82, 2.24) is 4.72 Å². The van der Waals surface area contributed by atoms with Crippen molar-refractivity contribution in [1.29, 1.82) is 0 Å². The van der Waals surface area contributed by atoms with Crippen molar-refractivity contribution in [2.45, 2.75) is 17.5 Å². The lowest BCUT2D eigenvalue weighted by molar-refractivity contribution is -0.137. The molecule has 0 fully saturated rings. The Kier molecular flexibility index (Phi) is 7.37. The highest BCUT2D eigenvalue weighted by molar-refractivity contribution is 8.00. The summed E-state index contributed by atoms with van der Waals surface area (Å²) in [7, 11) is -3.27. The van der Waals surface area contributed by atoms with Gasteiger partial charge in [0.25, 0.3) is 0 Å². The Bertz CT molecular complexity index is 926. The molecule has 1 aromatic heterocycles. The predicted octanol–water partition coefficient (Wildman–Crippen LogP) is 4.49. The van der Waals surface area contributed by atoms with E-state index in [9.17, 15) is 26.4 Å². The van der Waals surface area contributed by atoms with Gasteiger partial charge in [0, 0.05) is 16.3 Å². The smallest absolute Gasteiger partial charge is 0.292 e. The number of hydrogen-bond donors (Lipinski definition) is 1. The second-order valence-corrected chi connectivity index (χ2v) is 9.99. The van der Waals surface area contributed by atoms with Gasteiger partial charge in [0.15, 0.2) is 5.78 Å². The van der Waals surface area contributed by atoms with Crippen LogP contribution in [0.5, 0.6) is 0 Å². The molecule has 2 rings (SSSR count). The molecule has 0 aliphatic carbocycles. The van der Waals surface area contributed by atoms with E-state index in [1.54, 1.807) is 12.1 Å². The van der Waals surface area contributed by atoms with Crippen molar-refractivity contribution < 1.29 is 26.4 Å². The Morgan fingerprint density at radius 1 is 1.26 bits per heavy atom. The van der Waals surface area contributed by atoms with Gasteiger partial charge in [0.05, 0.1) is 27.5 Å². The van der Waals surface area contributed by atoms with Gasteiger partial charge >= 0.3 is 6.18 Å². The number of Topliss-reactive ketones (excluding diaryl/α,β-unsaturated/α-hetero) is 1. The summed E-state index contributed by atoms with van der Waals surface area (Å²) in [5.41, 5.74) is -0.932. The molecule has 2 aromatic rings. The van der Waals surface area contributed by atoms with E-state index in [1.807, 2.05) is 0 Å². The Labute approximate surface area is 168 Å². The van der Waals surface area contributed by atoms with Gasteiger partial charge in [-0.3, -0.25) is 4.79 Å². The van der Waals surface area contributed by atoms with Crippen molar-refractivity contribution in [3.8, 4) is 0 Å². The summed E-state index contributed by atoms with van der Waals surface area (Å²) >= 11 is 7.81. The molecule has 0 spiro atoms. The Morgan fingerprint density at radius 2 is 1.96 bits per heavy atom. The minimum absolute atomic E-state index is 0.0134. The molecule has 0 amide bonds. The normalized spacial score (nSPS) is 12.3. The van der Waals surface area contributed by atoms with Crippen molar-refractivity contribution >= 4 is 50.5 Å². The Hall–Kier alpha value is -1.07. The fourth-order valence-electron chi connectivity index (χ4n) is 2.05. The molecule has 0 saturated heterocycles. The number of thioether (sulfide) groups is 1. The van der Waals surface area contributed by atoms with Crippen molar-refractivity contribution in [2.24, 2.45) is 0 Å². The number of carbonyl (C=O) groups excluding carboxylic acids is 1. The van der Waals surface area contributed by atoms with Crippen LogP contribution in [0.15, 0.2) is 35.2 Å². The second-order valence-electron chi connectivity index (χ2n) is 5.53. The van der Waals surface area contributed by atoms with E-state index in [1.165, 1.54) is 17.4 Å². The minimum atomic E-state index is -4.56. The first-order chi connectivity index (χ1) is 12.5. The molecule has 148 valence electrons. The quantitative estimate of drug-likeness (QED) is 0.468. The van der Waals surface area contributed by atoms with Crippen LogP contribution in [0.25, 0.3) is 0 Å². The van der Waals surface area contributed by atoms with Crippen LogP contribution < -0.4 is 4.72 Å². The number of thiophene rings is 1. The molecule has 1 N–H and O–H groups in total. The molecule has 0 radical (unpaired) electrons. The van der Waals surface area contributed by atoms with Crippen LogP contribution in [0.1, 0.15) is 20.1 Å². The average Bonchev–Trinajstić information content (AvgIpc) is 3.00. The van der Waals surface area contributed by atoms with Gasteiger partial charge in [-0.2, -0.15) is 13.2 Å². The molecule has 0 atom stereocenters. The largest absolute Gasteiger partial charge is 0.417 e. The second kappa shape index (κ2) is 8.95. The topological polar surface area (TPSA) is 63.2 Å². The lowest BCUT2D eigenvalue weighted by atomic mass is 10.2. The van der Waals surface area contributed by atoms with Gasteiger partial charge in [-0.15, -0.1) is 23.1 Å². The summed E-state index contributed by atoms with van der Waals surface area (Å²) < 4.78 is 63.0. The third-order valence-corrected chi connectivity index (χ3v) is 6.52. The van der Waals surface area contributed by atoms with E-state index in [0.717, 1.165) is 35.0 Å². The molecule has 4 nitrogen and oxygen atoms in total. The van der Waals surface area contributed by atoms with Crippen LogP contribution in [0.4, 0.5) is 13.2 Å². The summed E-state index contributed by atoms with van der Waals surface area (Å²) in [6.45, 7) is 0.229. The summed E-state index contributed by atoms with van der Waals surface area (Å²) in [6.07, 6.45) is -3.04.